The van der Waals surface area contributed by atoms with E-state index < -0.39 is 17.5 Å². The second-order valence-corrected chi connectivity index (χ2v) is 10.8. The van der Waals surface area contributed by atoms with Crippen LogP contribution in [0.15, 0.2) is 30.5 Å². The summed E-state index contributed by atoms with van der Waals surface area (Å²) in [5.74, 6) is 0.999. The lowest BCUT2D eigenvalue weighted by Crippen LogP contribution is -2.35. The number of hydrogen-bond acceptors (Lipinski definition) is 6. The number of fused-ring (bicyclic) bond motifs is 1. The van der Waals surface area contributed by atoms with Crippen molar-refractivity contribution >= 4 is 29.1 Å². The van der Waals surface area contributed by atoms with E-state index in [9.17, 15) is 9.18 Å². The van der Waals surface area contributed by atoms with Gasteiger partial charge in [0.05, 0.1) is 11.9 Å². The van der Waals surface area contributed by atoms with Crippen molar-refractivity contribution in [1.29, 1.82) is 0 Å². The van der Waals surface area contributed by atoms with Crippen LogP contribution in [0.4, 0.5) is 26.5 Å². The van der Waals surface area contributed by atoms with Crippen LogP contribution in [0.1, 0.15) is 76.3 Å². The average Bonchev–Trinajstić information content (AvgIpc) is 3.21. The molecule has 37 heavy (non-hydrogen) atoms. The van der Waals surface area contributed by atoms with Gasteiger partial charge >= 0.3 is 6.09 Å². The third kappa shape index (κ3) is 6.57. The standard InChI is InChI=1S/C23H28FN5O2.C5H11N/c1-14-9-16(24)11-17(10-14)28(22(30)31-23(2,3)4)20-12-19(25-5)27-21-18(13-26-29(20)21)15-7-6-8-15;1-2-4-6-5-3-1/h9-13,15H,6-8H2,1-5H3,(H,25,27);6H,1-5H2. The van der Waals surface area contributed by atoms with Gasteiger partial charge in [-0.25, -0.2) is 19.1 Å². The van der Waals surface area contributed by atoms with Crippen LogP contribution in [0.3, 0.4) is 0 Å². The molecule has 200 valence electrons. The van der Waals surface area contributed by atoms with E-state index in [0.29, 0.717) is 34.5 Å². The fraction of sp³-hybridized carbons (Fsp3) is 0.536. The molecule has 1 amide bonds. The van der Waals surface area contributed by atoms with Crippen LogP contribution in [0.5, 0.6) is 0 Å². The highest BCUT2D eigenvalue weighted by Crippen LogP contribution is 2.39. The molecule has 2 aliphatic rings. The molecule has 3 aromatic rings. The van der Waals surface area contributed by atoms with Gasteiger partial charge in [-0.3, -0.25) is 0 Å². The summed E-state index contributed by atoms with van der Waals surface area (Å²) in [6.45, 7) is 9.67. The topological polar surface area (TPSA) is 83.8 Å². The normalized spacial score (nSPS) is 15.9. The molecule has 0 bridgehead atoms. The maximum Gasteiger partial charge on any atom is 0.420 e. The summed E-state index contributed by atoms with van der Waals surface area (Å²) >= 11 is 0. The minimum Gasteiger partial charge on any atom is -0.443 e. The van der Waals surface area contributed by atoms with E-state index in [-0.39, 0.29) is 0 Å². The number of nitrogens with one attached hydrogen (secondary N) is 2. The summed E-state index contributed by atoms with van der Waals surface area (Å²) in [4.78, 5) is 19.4. The van der Waals surface area contributed by atoms with Gasteiger partial charge in [-0.2, -0.15) is 9.61 Å². The van der Waals surface area contributed by atoms with Crippen molar-refractivity contribution in [3.05, 3.63) is 47.4 Å². The fourth-order valence-corrected chi connectivity index (χ4v) is 4.55. The molecule has 1 aliphatic heterocycles. The summed E-state index contributed by atoms with van der Waals surface area (Å²) in [7, 11) is 1.77. The van der Waals surface area contributed by atoms with Crippen LogP contribution in [-0.2, 0) is 4.74 Å². The number of ether oxygens (including phenoxy) is 1. The van der Waals surface area contributed by atoms with Crippen LogP contribution >= 0.6 is 0 Å². The van der Waals surface area contributed by atoms with Crippen LogP contribution in [0, 0.1) is 12.7 Å². The van der Waals surface area contributed by atoms with E-state index in [4.69, 9.17) is 9.72 Å². The number of aryl methyl sites for hydroxylation is 1. The quantitative estimate of drug-likeness (QED) is 0.427. The van der Waals surface area contributed by atoms with E-state index >= 15 is 0 Å². The van der Waals surface area contributed by atoms with Crippen LogP contribution in [0.25, 0.3) is 5.65 Å². The third-order valence-electron chi connectivity index (χ3n) is 6.58. The van der Waals surface area contributed by atoms with Crippen LogP contribution in [-0.4, -0.2) is 46.4 Å². The van der Waals surface area contributed by atoms with Crippen LogP contribution < -0.4 is 15.5 Å². The Labute approximate surface area is 218 Å². The number of nitrogens with zero attached hydrogens (tertiary/aromatic N) is 4. The zero-order valence-electron chi connectivity index (χ0n) is 22.6. The Morgan fingerprint density at radius 1 is 1.14 bits per heavy atom. The molecule has 1 aliphatic carbocycles. The summed E-state index contributed by atoms with van der Waals surface area (Å²) in [5, 5.41) is 10.9. The lowest BCUT2D eigenvalue weighted by atomic mass is 9.81. The number of carbonyl (C=O) groups is 1. The Balaban J connectivity index is 0.000000469. The maximum absolute atomic E-state index is 14.3. The van der Waals surface area contributed by atoms with Crippen molar-refractivity contribution < 1.29 is 13.9 Å². The molecule has 0 atom stereocenters. The first kappa shape index (κ1) is 26.9. The van der Waals surface area contributed by atoms with Gasteiger partial charge in [-0.15, -0.1) is 0 Å². The molecule has 3 heterocycles. The number of aromatic nitrogens is 3. The highest BCUT2D eigenvalue weighted by molar-refractivity contribution is 5.96. The summed E-state index contributed by atoms with van der Waals surface area (Å²) in [5.41, 5.74) is 2.08. The second kappa shape index (κ2) is 11.5. The van der Waals surface area contributed by atoms with E-state index in [2.05, 4.69) is 15.7 Å². The Morgan fingerprint density at radius 3 is 2.38 bits per heavy atom. The largest absolute Gasteiger partial charge is 0.443 e. The number of benzene rings is 1. The molecule has 2 aromatic heterocycles. The molecule has 5 rings (SSSR count). The number of piperidine rings is 1. The summed E-state index contributed by atoms with van der Waals surface area (Å²) in [6, 6.07) is 6.20. The predicted molar refractivity (Wildman–Crippen MR) is 145 cm³/mol. The smallest absolute Gasteiger partial charge is 0.420 e. The molecule has 2 N–H and O–H groups in total. The van der Waals surface area contributed by atoms with Gasteiger partial charge in [0.2, 0.25) is 0 Å². The first-order valence-electron chi connectivity index (χ1n) is 13.2. The van der Waals surface area contributed by atoms with Gasteiger partial charge < -0.3 is 15.4 Å². The van der Waals surface area contributed by atoms with E-state index in [1.165, 1.54) is 55.8 Å². The summed E-state index contributed by atoms with van der Waals surface area (Å²) < 4.78 is 21.6. The van der Waals surface area contributed by atoms with E-state index in [0.717, 1.165) is 18.4 Å². The molecular weight excluding hydrogens is 471 g/mol. The Bertz CT molecular complexity index is 1200. The van der Waals surface area contributed by atoms with Crippen molar-refractivity contribution in [2.75, 3.05) is 30.4 Å². The molecule has 2 fully saturated rings. The average molecular weight is 511 g/mol. The highest BCUT2D eigenvalue weighted by atomic mass is 19.1. The molecule has 0 radical (unpaired) electrons. The molecular formula is C28H39FN6O2. The van der Waals surface area contributed by atoms with Gasteiger partial charge in [0, 0.05) is 18.7 Å². The Morgan fingerprint density at radius 2 is 1.86 bits per heavy atom. The molecule has 1 saturated heterocycles. The Hall–Kier alpha value is -3.20. The molecule has 0 unspecified atom stereocenters. The molecule has 1 saturated carbocycles. The second-order valence-electron chi connectivity index (χ2n) is 10.8. The van der Waals surface area contributed by atoms with Gasteiger partial charge in [-0.05, 0) is 96.1 Å². The summed E-state index contributed by atoms with van der Waals surface area (Å²) in [6.07, 6.45) is 8.80. The number of halogens is 1. The minimum atomic E-state index is -0.725. The van der Waals surface area contributed by atoms with E-state index in [1.54, 1.807) is 51.4 Å². The first-order valence-corrected chi connectivity index (χ1v) is 13.2. The number of hydrogen-bond donors (Lipinski definition) is 2. The lowest BCUT2D eigenvalue weighted by Gasteiger charge is -2.28. The molecule has 0 spiro atoms. The predicted octanol–water partition coefficient (Wildman–Crippen LogP) is 6.32. The lowest BCUT2D eigenvalue weighted by molar-refractivity contribution is 0.0597. The monoisotopic (exact) mass is 510 g/mol. The molecule has 8 nitrogen and oxygen atoms in total. The van der Waals surface area contributed by atoms with Gasteiger partial charge in [0.15, 0.2) is 5.65 Å². The van der Waals surface area contributed by atoms with Crippen molar-refractivity contribution in [2.45, 2.75) is 77.7 Å². The van der Waals surface area contributed by atoms with Crippen molar-refractivity contribution in [1.82, 2.24) is 19.9 Å². The fourth-order valence-electron chi connectivity index (χ4n) is 4.55. The zero-order chi connectivity index (χ0) is 26.6. The SMILES string of the molecule is C1CCNCC1.CNc1cc(N(C(=O)OC(C)(C)C)c2cc(C)cc(F)c2)n2ncc(C3CCC3)c2n1. The first-order chi connectivity index (χ1) is 17.7. The van der Waals surface area contributed by atoms with Crippen molar-refractivity contribution in [3.8, 4) is 0 Å². The Kier molecular flexibility index (Phi) is 8.32. The van der Waals surface area contributed by atoms with Gasteiger partial charge in [0.25, 0.3) is 0 Å². The minimum absolute atomic E-state index is 0.363. The van der Waals surface area contributed by atoms with Gasteiger partial charge in [-0.1, -0.05) is 12.8 Å². The maximum atomic E-state index is 14.3. The third-order valence-corrected chi connectivity index (χ3v) is 6.58. The highest BCUT2D eigenvalue weighted by Gasteiger charge is 2.30. The molecule has 1 aromatic carbocycles. The van der Waals surface area contributed by atoms with Crippen LogP contribution in [0.2, 0.25) is 0 Å². The van der Waals surface area contributed by atoms with Crippen molar-refractivity contribution in [2.24, 2.45) is 0 Å². The van der Waals surface area contributed by atoms with Crippen molar-refractivity contribution in [3.63, 3.8) is 0 Å². The van der Waals surface area contributed by atoms with Gasteiger partial charge in [0.1, 0.15) is 23.1 Å². The molecule has 9 heteroatoms. The number of rotatable bonds is 4. The van der Waals surface area contributed by atoms with E-state index in [1.807, 2.05) is 6.20 Å². The number of amides is 1. The number of anilines is 3. The number of carbonyl (C=O) groups excluding carboxylic acids is 1. The zero-order valence-corrected chi connectivity index (χ0v) is 22.6.